The Bertz CT molecular complexity index is 719. The Labute approximate surface area is 155 Å². The Morgan fingerprint density at radius 1 is 1.23 bits per heavy atom. The van der Waals surface area contributed by atoms with Gasteiger partial charge in [0.05, 0.1) is 17.1 Å². The number of carbonyl (C=O) groups excluding carboxylic acids is 1. The third kappa shape index (κ3) is 4.43. The molecule has 2 saturated heterocycles. The SMILES string of the molecule is CC1CN(S(=O)(=O)c2ccc(C(=O)NCC3CCCN3)cc2)CC(C)O1. The van der Waals surface area contributed by atoms with Crippen LogP contribution in [0.1, 0.15) is 37.0 Å². The van der Waals surface area contributed by atoms with Crippen molar-refractivity contribution in [3.05, 3.63) is 29.8 Å². The summed E-state index contributed by atoms with van der Waals surface area (Å²) in [6.07, 6.45) is 1.92. The molecule has 1 aromatic rings. The van der Waals surface area contributed by atoms with Crippen LogP contribution >= 0.6 is 0 Å². The lowest BCUT2D eigenvalue weighted by Crippen LogP contribution is -2.48. The van der Waals surface area contributed by atoms with Gasteiger partial charge in [-0.2, -0.15) is 4.31 Å². The van der Waals surface area contributed by atoms with Crippen molar-refractivity contribution in [3.8, 4) is 0 Å². The zero-order valence-corrected chi connectivity index (χ0v) is 16.1. The first kappa shape index (κ1) is 19.3. The molecule has 7 nitrogen and oxygen atoms in total. The summed E-state index contributed by atoms with van der Waals surface area (Å²) in [6, 6.07) is 6.46. The number of hydrogen-bond donors (Lipinski definition) is 2. The highest BCUT2D eigenvalue weighted by atomic mass is 32.2. The highest BCUT2D eigenvalue weighted by molar-refractivity contribution is 7.89. The van der Waals surface area contributed by atoms with Crippen LogP contribution in [-0.2, 0) is 14.8 Å². The van der Waals surface area contributed by atoms with Crippen LogP contribution in [0.25, 0.3) is 0 Å². The van der Waals surface area contributed by atoms with Gasteiger partial charge in [0.25, 0.3) is 5.91 Å². The zero-order valence-electron chi connectivity index (χ0n) is 15.3. The summed E-state index contributed by atoms with van der Waals surface area (Å²) in [5, 5.41) is 6.22. The molecule has 0 saturated carbocycles. The predicted molar refractivity (Wildman–Crippen MR) is 98.6 cm³/mol. The molecule has 0 spiro atoms. The van der Waals surface area contributed by atoms with E-state index in [0.29, 0.717) is 31.2 Å². The number of nitrogens with zero attached hydrogens (tertiary/aromatic N) is 1. The first-order valence-corrected chi connectivity index (χ1v) is 10.6. The van der Waals surface area contributed by atoms with Gasteiger partial charge < -0.3 is 15.4 Å². The lowest BCUT2D eigenvalue weighted by atomic mass is 10.2. The van der Waals surface area contributed by atoms with Gasteiger partial charge in [-0.3, -0.25) is 4.79 Å². The molecule has 0 radical (unpaired) electrons. The van der Waals surface area contributed by atoms with Crippen LogP contribution in [0.2, 0.25) is 0 Å². The van der Waals surface area contributed by atoms with Crippen molar-refractivity contribution < 1.29 is 17.9 Å². The summed E-state index contributed by atoms with van der Waals surface area (Å²) in [5.41, 5.74) is 0.464. The van der Waals surface area contributed by atoms with Crippen molar-refractivity contribution >= 4 is 15.9 Å². The van der Waals surface area contributed by atoms with E-state index < -0.39 is 10.0 Å². The summed E-state index contributed by atoms with van der Waals surface area (Å²) in [4.78, 5) is 12.4. The number of rotatable bonds is 5. The molecule has 0 bridgehead atoms. The molecular weight excluding hydrogens is 354 g/mol. The summed E-state index contributed by atoms with van der Waals surface area (Å²) in [7, 11) is -3.58. The second-order valence-electron chi connectivity index (χ2n) is 7.11. The van der Waals surface area contributed by atoms with Gasteiger partial charge in [0.1, 0.15) is 0 Å². The minimum absolute atomic E-state index is 0.136. The number of morpholine rings is 1. The molecule has 0 aliphatic carbocycles. The molecule has 144 valence electrons. The lowest BCUT2D eigenvalue weighted by molar-refractivity contribution is -0.0440. The van der Waals surface area contributed by atoms with E-state index in [1.54, 1.807) is 12.1 Å². The van der Waals surface area contributed by atoms with Gasteiger partial charge in [0, 0.05) is 31.2 Å². The molecule has 2 N–H and O–H groups in total. The first-order valence-electron chi connectivity index (χ1n) is 9.13. The van der Waals surface area contributed by atoms with Crippen LogP contribution in [0.15, 0.2) is 29.2 Å². The van der Waals surface area contributed by atoms with Crippen molar-refractivity contribution in [3.63, 3.8) is 0 Å². The monoisotopic (exact) mass is 381 g/mol. The van der Waals surface area contributed by atoms with E-state index >= 15 is 0 Å². The molecular formula is C18H27N3O4S. The standard InChI is InChI=1S/C18H27N3O4S/c1-13-11-21(12-14(2)25-13)26(23,24)17-7-5-15(6-8-17)18(22)20-10-16-4-3-9-19-16/h5-8,13-14,16,19H,3-4,9-12H2,1-2H3,(H,20,22). The number of benzene rings is 1. The third-order valence-corrected chi connectivity index (χ3v) is 6.66. The highest BCUT2D eigenvalue weighted by Gasteiger charge is 2.32. The van der Waals surface area contributed by atoms with Crippen molar-refractivity contribution in [2.24, 2.45) is 0 Å². The second kappa shape index (κ2) is 8.04. The highest BCUT2D eigenvalue weighted by Crippen LogP contribution is 2.21. The maximum atomic E-state index is 12.8. The van der Waals surface area contributed by atoms with Crippen LogP contribution in [0.5, 0.6) is 0 Å². The zero-order chi connectivity index (χ0) is 18.7. The summed E-state index contributed by atoms with van der Waals surface area (Å²) >= 11 is 0. The first-order chi connectivity index (χ1) is 12.4. The van der Waals surface area contributed by atoms with E-state index in [4.69, 9.17) is 4.74 Å². The molecule has 2 aliphatic heterocycles. The minimum Gasteiger partial charge on any atom is -0.373 e. The van der Waals surface area contributed by atoms with Crippen LogP contribution in [0.3, 0.4) is 0 Å². The van der Waals surface area contributed by atoms with Gasteiger partial charge in [0.2, 0.25) is 10.0 Å². The van der Waals surface area contributed by atoms with Crippen LogP contribution in [0.4, 0.5) is 0 Å². The molecule has 26 heavy (non-hydrogen) atoms. The molecule has 3 atom stereocenters. The molecule has 0 aromatic heterocycles. The van der Waals surface area contributed by atoms with Gasteiger partial charge in [0.15, 0.2) is 0 Å². The topological polar surface area (TPSA) is 87.7 Å². The summed E-state index contributed by atoms with van der Waals surface area (Å²) in [6.45, 7) is 5.98. The molecule has 8 heteroatoms. The van der Waals surface area contributed by atoms with E-state index in [0.717, 1.165) is 19.4 Å². The van der Waals surface area contributed by atoms with Gasteiger partial charge in [-0.1, -0.05) is 0 Å². The molecule has 1 amide bonds. The fraction of sp³-hybridized carbons (Fsp3) is 0.611. The van der Waals surface area contributed by atoms with Crippen molar-refractivity contribution in [2.75, 3.05) is 26.2 Å². The van der Waals surface area contributed by atoms with Gasteiger partial charge in [-0.25, -0.2) is 8.42 Å². The molecule has 3 unspecified atom stereocenters. The van der Waals surface area contributed by atoms with E-state index in [1.807, 2.05) is 13.8 Å². The fourth-order valence-electron chi connectivity index (χ4n) is 3.50. The van der Waals surface area contributed by atoms with E-state index in [-0.39, 0.29) is 23.0 Å². The largest absolute Gasteiger partial charge is 0.373 e. The average Bonchev–Trinajstić information content (AvgIpc) is 3.12. The van der Waals surface area contributed by atoms with Crippen LogP contribution < -0.4 is 10.6 Å². The lowest BCUT2D eigenvalue weighted by Gasteiger charge is -2.34. The molecule has 2 fully saturated rings. The molecule has 2 heterocycles. The smallest absolute Gasteiger partial charge is 0.251 e. The molecule has 2 aliphatic rings. The van der Waals surface area contributed by atoms with Crippen molar-refractivity contribution in [1.29, 1.82) is 0 Å². The van der Waals surface area contributed by atoms with Crippen molar-refractivity contribution in [2.45, 2.75) is 49.8 Å². The number of carbonyl (C=O) groups is 1. The van der Waals surface area contributed by atoms with Gasteiger partial charge in [-0.05, 0) is 57.5 Å². The number of hydrogen-bond acceptors (Lipinski definition) is 5. The third-order valence-electron chi connectivity index (χ3n) is 4.81. The molecule has 3 rings (SSSR count). The number of nitrogens with one attached hydrogen (secondary N) is 2. The number of amides is 1. The van der Waals surface area contributed by atoms with Crippen LogP contribution in [-0.4, -0.2) is 63.1 Å². The normalized spacial score (nSPS) is 27.4. The quantitative estimate of drug-likeness (QED) is 0.793. The molecule has 1 aromatic carbocycles. The van der Waals surface area contributed by atoms with Crippen molar-refractivity contribution in [1.82, 2.24) is 14.9 Å². The Balaban J connectivity index is 1.65. The summed E-state index contributed by atoms with van der Waals surface area (Å²) in [5.74, 6) is -0.184. The van der Waals surface area contributed by atoms with E-state index in [2.05, 4.69) is 10.6 Å². The summed E-state index contributed by atoms with van der Waals surface area (Å²) < 4.78 is 32.7. The maximum absolute atomic E-state index is 12.8. The van der Waals surface area contributed by atoms with Crippen LogP contribution in [0, 0.1) is 0 Å². The Hall–Kier alpha value is -1.48. The maximum Gasteiger partial charge on any atom is 0.251 e. The van der Waals surface area contributed by atoms with E-state index in [1.165, 1.54) is 16.4 Å². The average molecular weight is 381 g/mol. The fourth-order valence-corrected chi connectivity index (χ4v) is 5.09. The number of ether oxygens (including phenoxy) is 1. The minimum atomic E-state index is -3.58. The second-order valence-corrected chi connectivity index (χ2v) is 9.04. The van der Waals surface area contributed by atoms with E-state index in [9.17, 15) is 13.2 Å². The van der Waals surface area contributed by atoms with Gasteiger partial charge in [-0.15, -0.1) is 0 Å². The predicted octanol–water partition coefficient (Wildman–Crippen LogP) is 0.966. The Morgan fingerprint density at radius 2 is 1.88 bits per heavy atom. The number of sulfonamides is 1. The van der Waals surface area contributed by atoms with Gasteiger partial charge >= 0.3 is 0 Å². The Kier molecular flexibility index (Phi) is 5.96. The Morgan fingerprint density at radius 3 is 2.46 bits per heavy atom.